The fourth-order valence-electron chi connectivity index (χ4n) is 2.72. The van der Waals surface area contributed by atoms with Gasteiger partial charge in [-0.05, 0) is 30.0 Å². The molecule has 0 amide bonds. The molecule has 1 aromatic heterocycles. The maximum atomic E-state index is 12.4. The van der Waals surface area contributed by atoms with Gasteiger partial charge in [-0.25, -0.2) is 0 Å². The fourth-order valence-corrected chi connectivity index (χ4v) is 3.25. The van der Waals surface area contributed by atoms with Crippen LogP contribution in [0.25, 0.3) is 0 Å². The van der Waals surface area contributed by atoms with Crippen molar-refractivity contribution in [2.24, 2.45) is 5.41 Å². The second-order valence-electron chi connectivity index (χ2n) is 6.15. The summed E-state index contributed by atoms with van der Waals surface area (Å²) in [6.07, 6.45) is 1.32. The first-order chi connectivity index (χ1) is 9.84. The van der Waals surface area contributed by atoms with Crippen molar-refractivity contribution >= 4 is 40.5 Å². The van der Waals surface area contributed by atoms with Gasteiger partial charge < -0.3 is 5.32 Å². The molecular weight excluding hydrogens is 309 g/mol. The number of hydrogen-bond acceptors (Lipinski definition) is 3. The molecule has 1 aliphatic rings. The van der Waals surface area contributed by atoms with Crippen molar-refractivity contribution in [3.8, 4) is 0 Å². The molecule has 0 fully saturated rings. The van der Waals surface area contributed by atoms with Crippen LogP contribution in [-0.2, 0) is 6.42 Å². The number of nitrogens with one attached hydrogen (secondary N) is 2. The van der Waals surface area contributed by atoms with Crippen LogP contribution in [-0.4, -0.2) is 16.0 Å². The Bertz CT molecular complexity index is 701. The van der Waals surface area contributed by atoms with Crippen molar-refractivity contribution in [2.75, 3.05) is 5.32 Å². The summed E-state index contributed by atoms with van der Waals surface area (Å²) in [6.45, 7) is 4.16. The maximum Gasteiger partial charge on any atom is 0.169 e. The molecule has 4 nitrogen and oxygen atoms in total. The molecule has 3 rings (SSSR count). The number of H-pyrrole nitrogens is 1. The molecule has 110 valence electrons. The zero-order valence-corrected chi connectivity index (χ0v) is 13.3. The van der Waals surface area contributed by atoms with Gasteiger partial charge in [-0.1, -0.05) is 37.0 Å². The van der Waals surface area contributed by atoms with Gasteiger partial charge in [0.25, 0.3) is 0 Å². The first-order valence-electron chi connectivity index (χ1n) is 6.68. The van der Waals surface area contributed by atoms with E-state index in [1.165, 1.54) is 0 Å². The number of carbonyl (C=O) groups is 1. The summed E-state index contributed by atoms with van der Waals surface area (Å²) in [5, 5.41) is 11.4. The van der Waals surface area contributed by atoms with Gasteiger partial charge in [-0.3, -0.25) is 9.89 Å². The van der Waals surface area contributed by atoms with Crippen LogP contribution in [0.15, 0.2) is 18.2 Å². The van der Waals surface area contributed by atoms with Crippen LogP contribution in [0.5, 0.6) is 0 Å². The lowest BCUT2D eigenvalue weighted by atomic mass is 9.76. The third-order valence-electron chi connectivity index (χ3n) is 3.54. The number of benzene rings is 1. The average molecular weight is 324 g/mol. The van der Waals surface area contributed by atoms with Gasteiger partial charge >= 0.3 is 0 Å². The Morgan fingerprint density at radius 3 is 2.52 bits per heavy atom. The number of Topliss-reactive ketones (excluding diaryl/α,β-unsaturated/α-hetero) is 1. The highest BCUT2D eigenvalue weighted by Gasteiger charge is 2.34. The summed E-state index contributed by atoms with van der Waals surface area (Å²) < 4.78 is 0. The zero-order valence-electron chi connectivity index (χ0n) is 11.8. The molecule has 2 aromatic rings. The van der Waals surface area contributed by atoms with Crippen LogP contribution in [0.3, 0.4) is 0 Å². The minimum absolute atomic E-state index is 0.0345. The summed E-state index contributed by atoms with van der Waals surface area (Å²) in [4.78, 5) is 12.4. The molecular formula is C15H15Cl2N3O. The van der Waals surface area contributed by atoms with Crippen molar-refractivity contribution in [1.82, 2.24) is 10.2 Å². The standard InChI is InChI=1S/C15H15Cl2N3O/c1-15(2)6-11-13(12(21)7-15)14(20-19-11)18-10-4-8(16)3-9(17)5-10/h3-5H,6-7H2,1-2H3,(H2,18,19,20). The van der Waals surface area contributed by atoms with E-state index in [1.807, 2.05) is 0 Å². The van der Waals surface area contributed by atoms with Gasteiger partial charge in [0.2, 0.25) is 0 Å². The predicted molar refractivity (Wildman–Crippen MR) is 84.8 cm³/mol. The van der Waals surface area contributed by atoms with E-state index in [1.54, 1.807) is 18.2 Å². The van der Waals surface area contributed by atoms with Crippen molar-refractivity contribution in [2.45, 2.75) is 26.7 Å². The van der Waals surface area contributed by atoms with Crippen molar-refractivity contribution < 1.29 is 4.79 Å². The highest BCUT2D eigenvalue weighted by Crippen LogP contribution is 2.37. The second kappa shape index (κ2) is 5.04. The Labute approximate surface area is 132 Å². The monoisotopic (exact) mass is 323 g/mol. The van der Waals surface area contributed by atoms with Gasteiger partial charge in [-0.2, -0.15) is 5.10 Å². The number of nitrogens with zero attached hydrogens (tertiary/aromatic N) is 1. The lowest BCUT2D eigenvalue weighted by Crippen LogP contribution is -2.26. The fraction of sp³-hybridized carbons (Fsp3) is 0.333. The first kappa shape index (κ1) is 14.4. The number of anilines is 2. The number of ketones is 1. The molecule has 1 heterocycles. The summed E-state index contributed by atoms with van der Waals surface area (Å²) in [7, 11) is 0. The lowest BCUT2D eigenvalue weighted by Gasteiger charge is -2.27. The molecule has 0 spiro atoms. The number of hydrogen-bond donors (Lipinski definition) is 2. The molecule has 0 saturated heterocycles. The van der Waals surface area contributed by atoms with Gasteiger partial charge in [-0.15, -0.1) is 0 Å². The normalized spacial score (nSPS) is 16.7. The van der Waals surface area contributed by atoms with E-state index in [-0.39, 0.29) is 11.2 Å². The maximum absolute atomic E-state index is 12.4. The van der Waals surface area contributed by atoms with Gasteiger partial charge in [0, 0.05) is 27.8 Å². The molecule has 0 bridgehead atoms. The molecule has 2 N–H and O–H groups in total. The molecule has 1 aromatic carbocycles. The van der Waals surface area contributed by atoms with Crippen LogP contribution in [0.4, 0.5) is 11.5 Å². The Hall–Kier alpha value is -1.52. The van der Waals surface area contributed by atoms with E-state index in [0.29, 0.717) is 33.5 Å². The van der Waals surface area contributed by atoms with E-state index in [2.05, 4.69) is 29.4 Å². The average Bonchev–Trinajstić information content (AvgIpc) is 2.68. The first-order valence-corrected chi connectivity index (χ1v) is 7.43. The van der Waals surface area contributed by atoms with Crippen LogP contribution >= 0.6 is 23.2 Å². The van der Waals surface area contributed by atoms with Crippen molar-refractivity contribution in [3.63, 3.8) is 0 Å². The highest BCUT2D eigenvalue weighted by molar-refractivity contribution is 6.35. The van der Waals surface area contributed by atoms with Crippen molar-refractivity contribution in [3.05, 3.63) is 39.5 Å². The Kier molecular flexibility index (Phi) is 3.46. The summed E-state index contributed by atoms with van der Waals surface area (Å²) in [6, 6.07) is 5.14. The molecule has 0 atom stereocenters. The quantitative estimate of drug-likeness (QED) is 0.848. The molecule has 0 radical (unpaired) electrons. The second-order valence-corrected chi connectivity index (χ2v) is 7.02. The topological polar surface area (TPSA) is 57.8 Å². The predicted octanol–water partition coefficient (Wildman–Crippen LogP) is 4.62. The molecule has 0 saturated carbocycles. The Morgan fingerprint density at radius 2 is 1.86 bits per heavy atom. The van der Waals surface area contributed by atoms with Crippen LogP contribution in [0.1, 0.15) is 36.3 Å². The van der Waals surface area contributed by atoms with Gasteiger partial charge in [0.1, 0.15) is 0 Å². The number of aromatic amines is 1. The van der Waals surface area contributed by atoms with E-state index in [9.17, 15) is 4.79 Å². The number of carbonyl (C=O) groups excluding carboxylic acids is 1. The lowest BCUT2D eigenvalue weighted by molar-refractivity contribution is 0.0912. The van der Waals surface area contributed by atoms with Crippen molar-refractivity contribution in [1.29, 1.82) is 0 Å². The third-order valence-corrected chi connectivity index (χ3v) is 3.98. The number of fused-ring (bicyclic) bond motifs is 1. The van der Waals surface area contributed by atoms with Gasteiger partial charge in [0.05, 0.1) is 5.56 Å². The number of halogens is 2. The number of aromatic nitrogens is 2. The van der Waals surface area contributed by atoms with E-state index in [4.69, 9.17) is 23.2 Å². The Morgan fingerprint density at radius 1 is 1.19 bits per heavy atom. The van der Waals surface area contributed by atoms with Crippen LogP contribution in [0, 0.1) is 5.41 Å². The molecule has 0 unspecified atom stereocenters. The summed E-state index contributed by atoms with van der Waals surface area (Å²) in [5.41, 5.74) is 2.20. The van der Waals surface area contributed by atoms with E-state index < -0.39 is 0 Å². The highest BCUT2D eigenvalue weighted by atomic mass is 35.5. The molecule has 0 aliphatic heterocycles. The van der Waals surface area contributed by atoms with E-state index >= 15 is 0 Å². The minimum Gasteiger partial charge on any atom is -0.338 e. The third kappa shape index (κ3) is 2.92. The van der Waals surface area contributed by atoms with Crippen LogP contribution < -0.4 is 5.32 Å². The van der Waals surface area contributed by atoms with E-state index in [0.717, 1.165) is 12.1 Å². The molecule has 21 heavy (non-hydrogen) atoms. The molecule has 1 aliphatic carbocycles. The number of rotatable bonds is 2. The minimum atomic E-state index is -0.0345. The zero-order chi connectivity index (χ0) is 15.2. The van der Waals surface area contributed by atoms with Crippen LogP contribution in [0.2, 0.25) is 10.0 Å². The molecule has 6 heteroatoms. The Balaban J connectivity index is 1.95. The van der Waals surface area contributed by atoms with Gasteiger partial charge in [0.15, 0.2) is 11.6 Å². The largest absolute Gasteiger partial charge is 0.338 e. The summed E-state index contributed by atoms with van der Waals surface area (Å²) >= 11 is 12.0. The SMILES string of the molecule is CC1(C)CC(=O)c2c(Nc3cc(Cl)cc(Cl)c3)n[nH]c2C1. The summed E-state index contributed by atoms with van der Waals surface area (Å²) in [5.74, 6) is 0.634. The smallest absolute Gasteiger partial charge is 0.169 e.